The molecule has 132 valence electrons. The summed E-state index contributed by atoms with van der Waals surface area (Å²) in [5, 5.41) is 2.51. The van der Waals surface area contributed by atoms with Gasteiger partial charge in [0.25, 0.3) is 0 Å². The molecule has 3 unspecified atom stereocenters. The number of carbonyl (C=O) groups is 2. The van der Waals surface area contributed by atoms with Crippen molar-refractivity contribution in [2.45, 2.75) is 43.9 Å². The minimum absolute atomic E-state index is 0.0135. The van der Waals surface area contributed by atoms with Crippen molar-refractivity contribution in [3.63, 3.8) is 0 Å². The van der Waals surface area contributed by atoms with Gasteiger partial charge in [-0.1, -0.05) is 12.1 Å². The summed E-state index contributed by atoms with van der Waals surface area (Å²) < 4.78 is 38.7. The van der Waals surface area contributed by atoms with E-state index < -0.39 is 29.1 Å². The summed E-state index contributed by atoms with van der Waals surface area (Å²) in [7, 11) is 0. The number of benzene rings is 1. The van der Waals surface area contributed by atoms with E-state index in [0.717, 1.165) is 12.1 Å². The van der Waals surface area contributed by atoms with Crippen LogP contribution in [-0.4, -0.2) is 17.9 Å². The molecule has 0 spiro atoms. The highest BCUT2D eigenvalue weighted by atomic mass is 19.4. The maximum atomic E-state index is 12.9. The second-order valence-electron chi connectivity index (χ2n) is 6.33. The van der Waals surface area contributed by atoms with E-state index >= 15 is 0 Å². The third-order valence-electron chi connectivity index (χ3n) is 4.48. The number of halogens is 3. The van der Waals surface area contributed by atoms with Crippen molar-refractivity contribution in [2.24, 2.45) is 17.4 Å². The maximum Gasteiger partial charge on any atom is 0.416 e. The van der Waals surface area contributed by atoms with Crippen LogP contribution < -0.4 is 16.8 Å². The summed E-state index contributed by atoms with van der Waals surface area (Å²) in [6, 6.07) is 4.14. The van der Waals surface area contributed by atoms with Crippen LogP contribution in [0.2, 0.25) is 0 Å². The molecule has 1 aliphatic rings. The van der Waals surface area contributed by atoms with Crippen LogP contribution in [0.3, 0.4) is 0 Å². The molecule has 2 rings (SSSR count). The molecule has 1 aliphatic carbocycles. The van der Waals surface area contributed by atoms with E-state index in [1.165, 1.54) is 19.1 Å². The molecule has 1 aromatic rings. The van der Waals surface area contributed by atoms with Crippen molar-refractivity contribution in [1.82, 2.24) is 5.32 Å². The zero-order valence-corrected chi connectivity index (χ0v) is 13.2. The average Bonchev–Trinajstić information content (AvgIpc) is 2.93. The molecule has 0 saturated heterocycles. The van der Waals surface area contributed by atoms with Crippen molar-refractivity contribution in [3.05, 3.63) is 35.4 Å². The van der Waals surface area contributed by atoms with Gasteiger partial charge >= 0.3 is 6.18 Å². The molecule has 5 nitrogen and oxygen atoms in total. The van der Waals surface area contributed by atoms with Gasteiger partial charge in [0.1, 0.15) is 5.54 Å². The van der Waals surface area contributed by atoms with E-state index in [1.54, 1.807) is 0 Å². The third-order valence-corrected chi connectivity index (χ3v) is 4.48. The quantitative estimate of drug-likeness (QED) is 0.775. The Morgan fingerprint density at radius 2 is 1.83 bits per heavy atom. The van der Waals surface area contributed by atoms with Crippen molar-refractivity contribution >= 4 is 11.8 Å². The Balaban J connectivity index is 2.31. The Hall–Kier alpha value is -2.09. The number of hydrogen-bond donors (Lipinski definition) is 3. The standard InChI is InChI=1S/C16H20F3N3O2/c1-15(14(21)24,22-13(23)9-5-6-12(20)7-9)10-3-2-4-11(8-10)16(17,18)19/h2-4,8-9,12H,5-7,20H2,1H3,(H2,21,24)(H,22,23). The fourth-order valence-electron chi connectivity index (χ4n) is 2.89. The van der Waals surface area contributed by atoms with Crippen LogP contribution >= 0.6 is 0 Å². The summed E-state index contributed by atoms with van der Waals surface area (Å²) in [6.07, 6.45) is -2.82. The lowest BCUT2D eigenvalue weighted by Gasteiger charge is -2.30. The molecule has 0 bridgehead atoms. The van der Waals surface area contributed by atoms with Gasteiger partial charge in [-0.15, -0.1) is 0 Å². The SMILES string of the molecule is CC(NC(=O)C1CCC(N)C1)(C(N)=O)c1cccc(C(F)(F)F)c1. The van der Waals surface area contributed by atoms with Crippen LogP contribution in [0, 0.1) is 5.92 Å². The highest BCUT2D eigenvalue weighted by molar-refractivity contribution is 5.92. The molecule has 3 atom stereocenters. The zero-order chi connectivity index (χ0) is 18.1. The Kier molecular flexibility index (Phi) is 4.89. The van der Waals surface area contributed by atoms with Gasteiger partial charge in [0.05, 0.1) is 5.56 Å². The minimum atomic E-state index is -4.56. The molecule has 0 aliphatic heterocycles. The number of amides is 2. The molecule has 2 amide bonds. The summed E-state index contributed by atoms with van der Waals surface area (Å²) >= 11 is 0. The molecule has 5 N–H and O–H groups in total. The van der Waals surface area contributed by atoms with E-state index in [-0.39, 0.29) is 17.5 Å². The minimum Gasteiger partial charge on any atom is -0.367 e. The summed E-state index contributed by atoms with van der Waals surface area (Å²) in [4.78, 5) is 24.3. The van der Waals surface area contributed by atoms with Crippen LogP contribution in [0.5, 0.6) is 0 Å². The Morgan fingerprint density at radius 1 is 1.21 bits per heavy atom. The van der Waals surface area contributed by atoms with Gasteiger partial charge in [-0.3, -0.25) is 9.59 Å². The van der Waals surface area contributed by atoms with E-state index in [9.17, 15) is 22.8 Å². The van der Waals surface area contributed by atoms with Gasteiger partial charge in [-0.2, -0.15) is 13.2 Å². The Labute approximate surface area is 137 Å². The van der Waals surface area contributed by atoms with E-state index in [0.29, 0.717) is 19.3 Å². The van der Waals surface area contributed by atoms with Gasteiger partial charge in [-0.25, -0.2) is 0 Å². The Morgan fingerprint density at radius 3 is 2.33 bits per heavy atom. The predicted molar refractivity (Wildman–Crippen MR) is 81.4 cm³/mol. The first-order chi connectivity index (χ1) is 11.0. The monoisotopic (exact) mass is 343 g/mol. The lowest BCUT2D eigenvalue weighted by Crippen LogP contribution is -2.54. The van der Waals surface area contributed by atoms with Gasteiger partial charge in [0.2, 0.25) is 11.8 Å². The van der Waals surface area contributed by atoms with Crippen LogP contribution in [0.4, 0.5) is 13.2 Å². The third kappa shape index (κ3) is 3.69. The smallest absolute Gasteiger partial charge is 0.367 e. The number of nitrogens with two attached hydrogens (primary N) is 2. The van der Waals surface area contributed by atoms with Gasteiger partial charge < -0.3 is 16.8 Å². The number of primary amides is 1. The van der Waals surface area contributed by atoms with Crippen molar-refractivity contribution in [2.75, 3.05) is 0 Å². The van der Waals surface area contributed by atoms with E-state index in [2.05, 4.69) is 5.32 Å². The highest BCUT2D eigenvalue weighted by Gasteiger charge is 2.40. The van der Waals surface area contributed by atoms with Crippen molar-refractivity contribution in [1.29, 1.82) is 0 Å². The molecule has 24 heavy (non-hydrogen) atoms. The lowest BCUT2D eigenvalue weighted by molar-refractivity contribution is -0.138. The van der Waals surface area contributed by atoms with Crippen LogP contribution in [0.25, 0.3) is 0 Å². The topological polar surface area (TPSA) is 98.2 Å². The normalized spacial score (nSPS) is 23.5. The number of alkyl halides is 3. The largest absolute Gasteiger partial charge is 0.416 e. The highest BCUT2D eigenvalue weighted by Crippen LogP contribution is 2.33. The fraction of sp³-hybridized carbons (Fsp3) is 0.500. The van der Waals surface area contributed by atoms with E-state index in [1.807, 2.05) is 0 Å². The molecule has 0 heterocycles. The maximum absolute atomic E-state index is 12.9. The van der Waals surface area contributed by atoms with Crippen molar-refractivity contribution in [3.8, 4) is 0 Å². The first kappa shape index (κ1) is 18.3. The molecule has 1 saturated carbocycles. The first-order valence-corrected chi connectivity index (χ1v) is 7.59. The van der Waals surface area contributed by atoms with Gasteiger partial charge in [0.15, 0.2) is 0 Å². The summed E-state index contributed by atoms with van der Waals surface area (Å²) in [5.41, 5.74) is 8.49. The van der Waals surface area contributed by atoms with Crippen LogP contribution in [-0.2, 0) is 21.3 Å². The molecule has 1 fully saturated rings. The molecule has 8 heteroatoms. The number of nitrogens with one attached hydrogen (secondary N) is 1. The lowest BCUT2D eigenvalue weighted by atomic mass is 9.89. The second kappa shape index (κ2) is 6.43. The number of rotatable bonds is 4. The van der Waals surface area contributed by atoms with Crippen LogP contribution in [0.1, 0.15) is 37.3 Å². The average molecular weight is 343 g/mol. The number of hydrogen-bond acceptors (Lipinski definition) is 3. The summed E-state index contributed by atoms with van der Waals surface area (Å²) in [5.74, 6) is -1.73. The fourth-order valence-corrected chi connectivity index (χ4v) is 2.89. The molecule has 0 radical (unpaired) electrons. The van der Waals surface area contributed by atoms with Crippen molar-refractivity contribution < 1.29 is 22.8 Å². The van der Waals surface area contributed by atoms with Gasteiger partial charge in [-0.05, 0) is 43.9 Å². The molecular formula is C16H20F3N3O2. The summed E-state index contributed by atoms with van der Waals surface area (Å²) in [6.45, 7) is 1.30. The molecule has 0 aromatic heterocycles. The van der Waals surface area contributed by atoms with E-state index in [4.69, 9.17) is 11.5 Å². The molecular weight excluding hydrogens is 323 g/mol. The predicted octanol–water partition coefficient (Wildman–Crippen LogP) is 1.65. The second-order valence-corrected chi connectivity index (χ2v) is 6.33. The zero-order valence-electron chi connectivity index (χ0n) is 13.2. The van der Waals surface area contributed by atoms with Crippen LogP contribution in [0.15, 0.2) is 24.3 Å². The van der Waals surface area contributed by atoms with Gasteiger partial charge in [0, 0.05) is 12.0 Å². The molecule has 1 aromatic carbocycles. The first-order valence-electron chi connectivity index (χ1n) is 7.59. The number of carbonyl (C=O) groups excluding carboxylic acids is 2. The Bertz CT molecular complexity index is 648.